The number of amides is 1. The van der Waals surface area contributed by atoms with Crippen molar-refractivity contribution in [2.45, 2.75) is 44.9 Å². The molecule has 0 atom stereocenters. The molecule has 1 aromatic heterocycles. The Kier molecular flexibility index (Phi) is 10.5. The van der Waals surface area contributed by atoms with Gasteiger partial charge in [-0.15, -0.1) is 0 Å². The molecular weight excluding hydrogens is 548 g/mol. The second-order valence-corrected chi connectivity index (χ2v) is 12.8. The van der Waals surface area contributed by atoms with E-state index in [4.69, 9.17) is 14.5 Å². The fourth-order valence-electron chi connectivity index (χ4n) is 4.80. The Labute approximate surface area is 241 Å². The molecule has 3 aromatic rings. The number of morpholine rings is 1. The normalized spacial score (nSPS) is 14.6. The number of hydrogen-bond acceptors (Lipinski definition) is 8. The Morgan fingerprint density at radius 3 is 2.45 bits per heavy atom. The van der Waals surface area contributed by atoms with Gasteiger partial charge in [0.2, 0.25) is 10.0 Å². The zero-order valence-corrected chi connectivity index (χ0v) is 25.5. The van der Waals surface area contributed by atoms with Crippen LogP contribution in [0.15, 0.2) is 41.3 Å². The van der Waals surface area contributed by atoms with Gasteiger partial charge in [-0.05, 0) is 55.7 Å². The highest BCUT2D eigenvalue weighted by atomic mass is 32.2. The molecule has 4 rings (SSSR count). The van der Waals surface area contributed by atoms with Gasteiger partial charge in [0.25, 0.3) is 5.91 Å². The minimum atomic E-state index is -3.63. The Balaban J connectivity index is 1.61. The number of methoxy groups -OCH3 is 1. The van der Waals surface area contributed by atoms with E-state index in [2.05, 4.69) is 4.90 Å². The van der Waals surface area contributed by atoms with Gasteiger partial charge in [0.05, 0.1) is 29.9 Å². The highest BCUT2D eigenvalue weighted by Gasteiger charge is 2.26. The molecule has 0 bridgehead atoms. The fraction of sp³-hybridized carbons (Fsp3) is 0.517. The van der Waals surface area contributed by atoms with Crippen molar-refractivity contribution in [3.63, 3.8) is 0 Å². The fourth-order valence-corrected chi connectivity index (χ4v) is 7.36. The molecular formula is C29H40N4O5S2. The summed E-state index contributed by atoms with van der Waals surface area (Å²) in [7, 11) is -2.01. The highest BCUT2D eigenvalue weighted by Crippen LogP contribution is 2.37. The summed E-state index contributed by atoms with van der Waals surface area (Å²) < 4.78 is 39.8. The van der Waals surface area contributed by atoms with Crippen molar-refractivity contribution in [3.8, 4) is 5.75 Å². The zero-order chi connectivity index (χ0) is 28.7. The summed E-state index contributed by atoms with van der Waals surface area (Å²) in [6, 6.07) is 10.2. The number of carbonyl (C=O) groups is 1. The van der Waals surface area contributed by atoms with E-state index in [-0.39, 0.29) is 10.8 Å². The SMILES string of the molecule is CCCCN(CC)S(=O)(=O)c1ccc(C(=O)N(CCCN2CCOCC2)c2nc3c(OC)ccc(C)c3s2)cc1. The summed E-state index contributed by atoms with van der Waals surface area (Å²) in [6.07, 6.45) is 2.49. The maximum Gasteiger partial charge on any atom is 0.260 e. The quantitative estimate of drug-likeness (QED) is 0.283. The average molecular weight is 589 g/mol. The maximum absolute atomic E-state index is 13.9. The van der Waals surface area contributed by atoms with Crippen LogP contribution >= 0.6 is 11.3 Å². The molecule has 1 saturated heterocycles. The molecule has 1 fully saturated rings. The van der Waals surface area contributed by atoms with Crippen LogP contribution in [-0.2, 0) is 14.8 Å². The van der Waals surface area contributed by atoms with Crippen molar-refractivity contribution < 1.29 is 22.7 Å². The summed E-state index contributed by atoms with van der Waals surface area (Å²) >= 11 is 1.47. The largest absolute Gasteiger partial charge is 0.494 e. The second kappa shape index (κ2) is 13.9. The summed E-state index contributed by atoms with van der Waals surface area (Å²) in [6.45, 7) is 11.3. The molecule has 0 spiro atoms. The third-order valence-electron chi connectivity index (χ3n) is 7.20. The van der Waals surface area contributed by atoms with E-state index in [9.17, 15) is 13.2 Å². The number of hydrogen-bond donors (Lipinski definition) is 0. The third kappa shape index (κ3) is 6.83. The van der Waals surface area contributed by atoms with Crippen molar-refractivity contribution in [1.82, 2.24) is 14.2 Å². The van der Waals surface area contributed by atoms with Gasteiger partial charge in [-0.2, -0.15) is 4.31 Å². The number of rotatable bonds is 13. The molecule has 0 N–H and O–H groups in total. The molecule has 218 valence electrons. The number of aryl methyl sites for hydroxylation is 1. The van der Waals surface area contributed by atoms with Crippen LogP contribution in [0.4, 0.5) is 5.13 Å². The van der Waals surface area contributed by atoms with Crippen LogP contribution in [0.2, 0.25) is 0 Å². The van der Waals surface area contributed by atoms with Gasteiger partial charge in [-0.25, -0.2) is 13.4 Å². The number of carbonyl (C=O) groups excluding carboxylic acids is 1. The van der Waals surface area contributed by atoms with Gasteiger partial charge in [0.1, 0.15) is 11.3 Å². The van der Waals surface area contributed by atoms with E-state index < -0.39 is 10.0 Å². The first kappa shape index (κ1) is 30.4. The standard InChI is InChI=1S/C29H40N4O5S2/c1-5-7-16-32(6-2)40(35,36)24-12-10-23(11-13-24)28(34)33(17-8-15-31-18-20-38-21-19-31)29-30-26-25(37-4)14-9-22(3)27(26)39-29/h9-14H,5-8,15-21H2,1-4H3. The number of fused-ring (bicyclic) bond motifs is 1. The summed E-state index contributed by atoms with van der Waals surface area (Å²) in [5, 5.41) is 0.600. The van der Waals surface area contributed by atoms with E-state index in [1.165, 1.54) is 27.8 Å². The summed E-state index contributed by atoms with van der Waals surface area (Å²) in [4.78, 5) is 23.0. The van der Waals surface area contributed by atoms with E-state index in [1.807, 2.05) is 32.9 Å². The van der Waals surface area contributed by atoms with Gasteiger partial charge in [-0.3, -0.25) is 14.6 Å². The Hall–Kier alpha value is -2.57. The van der Waals surface area contributed by atoms with Crippen LogP contribution in [0.3, 0.4) is 0 Å². The summed E-state index contributed by atoms with van der Waals surface area (Å²) in [5.74, 6) is 0.460. The highest BCUT2D eigenvalue weighted by molar-refractivity contribution is 7.89. The average Bonchev–Trinajstić information content (AvgIpc) is 3.42. The van der Waals surface area contributed by atoms with Crippen molar-refractivity contribution in [1.29, 1.82) is 0 Å². The predicted molar refractivity (Wildman–Crippen MR) is 160 cm³/mol. The van der Waals surface area contributed by atoms with Crippen LogP contribution in [-0.4, -0.2) is 88.1 Å². The molecule has 0 aliphatic carbocycles. The molecule has 2 aromatic carbocycles. The van der Waals surface area contributed by atoms with E-state index >= 15 is 0 Å². The Bertz CT molecular complexity index is 1390. The molecule has 9 nitrogen and oxygen atoms in total. The number of benzene rings is 2. The minimum absolute atomic E-state index is 0.196. The van der Waals surface area contributed by atoms with Crippen molar-refractivity contribution in [2.24, 2.45) is 0 Å². The van der Waals surface area contributed by atoms with Gasteiger partial charge in [-0.1, -0.05) is 37.7 Å². The molecule has 40 heavy (non-hydrogen) atoms. The number of ether oxygens (including phenoxy) is 2. The van der Waals surface area contributed by atoms with Gasteiger partial charge < -0.3 is 9.47 Å². The molecule has 1 amide bonds. The van der Waals surface area contributed by atoms with Crippen LogP contribution in [0.25, 0.3) is 10.2 Å². The lowest BCUT2D eigenvalue weighted by Crippen LogP contribution is -2.39. The number of sulfonamides is 1. The predicted octanol–water partition coefficient (Wildman–Crippen LogP) is 4.79. The van der Waals surface area contributed by atoms with Crippen molar-refractivity contribution in [2.75, 3.05) is 64.5 Å². The monoisotopic (exact) mass is 588 g/mol. The molecule has 0 unspecified atom stereocenters. The molecule has 1 aliphatic rings. The van der Waals surface area contributed by atoms with Crippen molar-refractivity contribution in [3.05, 3.63) is 47.5 Å². The molecule has 2 heterocycles. The van der Waals surface area contributed by atoms with Gasteiger partial charge >= 0.3 is 0 Å². The van der Waals surface area contributed by atoms with Gasteiger partial charge in [0, 0.05) is 44.8 Å². The number of unbranched alkanes of at least 4 members (excludes halogenated alkanes) is 1. The maximum atomic E-state index is 13.9. The first-order chi connectivity index (χ1) is 19.3. The zero-order valence-electron chi connectivity index (χ0n) is 23.9. The first-order valence-corrected chi connectivity index (χ1v) is 16.2. The van der Waals surface area contributed by atoms with Crippen LogP contribution in [0, 0.1) is 6.92 Å². The second-order valence-electron chi connectivity index (χ2n) is 9.90. The lowest BCUT2D eigenvalue weighted by atomic mass is 10.2. The van der Waals surface area contributed by atoms with Crippen LogP contribution in [0.5, 0.6) is 5.75 Å². The lowest BCUT2D eigenvalue weighted by molar-refractivity contribution is 0.0376. The number of nitrogens with zero attached hydrogens (tertiary/aromatic N) is 4. The Morgan fingerprint density at radius 1 is 1.07 bits per heavy atom. The van der Waals surface area contributed by atoms with Gasteiger partial charge in [0.15, 0.2) is 5.13 Å². The van der Waals surface area contributed by atoms with E-state index in [1.54, 1.807) is 24.1 Å². The topological polar surface area (TPSA) is 92.3 Å². The smallest absolute Gasteiger partial charge is 0.260 e. The number of aromatic nitrogens is 1. The summed E-state index contributed by atoms with van der Waals surface area (Å²) in [5.41, 5.74) is 2.23. The lowest BCUT2D eigenvalue weighted by Gasteiger charge is -2.27. The van der Waals surface area contributed by atoms with Crippen LogP contribution < -0.4 is 9.64 Å². The van der Waals surface area contributed by atoms with E-state index in [0.717, 1.165) is 67.9 Å². The molecule has 0 radical (unpaired) electrons. The molecule has 11 heteroatoms. The first-order valence-electron chi connectivity index (χ1n) is 14.0. The number of thiazole rings is 1. The molecule has 1 aliphatic heterocycles. The van der Waals surface area contributed by atoms with Crippen molar-refractivity contribution >= 4 is 42.6 Å². The molecule has 0 saturated carbocycles. The minimum Gasteiger partial charge on any atom is -0.494 e. The van der Waals surface area contributed by atoms with Crippen LogP contribution in [0.1, 0.15) is 49.0 Å². The number of anilines is 1. The Morgan fingerprint density at radius 2 is 1.80 bits per heavy atom. The van der Waals surface area contributed by atoms with E-state index in [0.29, 0.717) is 36.1 Å². The third-order valence-corrected chi connectivity index (χ3v) is 10.4.